The van der Waals surface area contributed by atoms with Gasteiger partial charge in [-0.3, -0.25) is 0 Å². The lowest BCUT2D eigenvalue weighted by Crippen LogP contribution is -2.36. The first-order valence-electron chi connectivity index (χ1n) is 5.71. The summed E-state index contributed by atoms with van der Waals surface area (Å²) < 4.78 is 28.4. The van der Waals surface area contributed by atoms with Gasteiger partial charge in [-0.1, -0.05) is 0 Å². The smallest absolute Gasteiger partial charge is 0.266 e. The molecule has 0 unspecified atom stereocenters. The Morgan fingerprint density at radius 2 is 2.11 bits per heavy atom. The fourth-order valence-electron chi connectivity index (χ4n) is 1.91. The minimum Gasteiger partial charge on any atom is -0.473 e. The summed E-state index contributed by atoms with van der Waals surface area (Å²) >= 11 is 0. The van der Waals surface area contributed by atoms with Gasteiger partial charge in [0.2, 0.25) is 5.88 Å². The Balaban J connectivity index is 2.15. The van der Waals surface area contributed by atoms with Crippen molar-refractivity contribution in [2.45, 2.75) is 23.8 Å². The molecule has 0 N–H and O–H groups in total. The Labute approximate surface area is 111 Å². The van der Waals surface area contributed by atoms with Gasteiger partial charge in [0.05, 0.1) is 0 Å². The molecular formula is C11H15ClN2O3S. The van der Waals surface area contributed by atoms with Gasteiger partial charge in [-0.2, -0.15) is 0 Å². The topological polar surface area (TPSA) is 59.5 Å². The highest BCUT2D eigenvalue weighted by atomic mass is 35.7. The molecule has 18 heavy (non-hydrogen) atoms. The maximum atomic E-state index is 11.4. The van der Waals surface area contributed by atoms with Gasteiger partial charge in [0.25, 0.3) is 9.05 Å². The number of piperidine rings is 1. The molecule has 5 nitrogen and oxygen atoms in total. The van der Waals surface area contributed by atoms with E-state index < -0.39 is 9.05 Å². The number of rotatable bonds is 3. The van der Waals surface area contributed by atoms with E-state index in [4.69, 9.17) is 15.4 Å². The van der Waals surface area contributed by atoms with E-state index in [0.717, 1.165) is 25.9 Å². The maximum absolute atomic E-state index is 11.4. The molecule has 1 fully saturated rings. The van der Waals surface area contributed by atoms with Crippen molar-refractivity contribution in [3.8, 4) is 5.88 Å². The molecule has 0 saturated carbocycles. The normalized spacial score (nSPS) is 18.8. The van der Waals surface area contributed by atoms with Crippen molar-refractivity contribution < 1.29 is 13.2 Å². The molecule has 0 atom stereocenters. The molecule has 1 saturated heterocycles. The fourth-order valence-corrected chi connectivity index (χ4v) is 2.81. The van der Waals surface area contributed by atoms with Crippen LogP contribution in [0.15, 0.2) is 23.2 Å². The lowest BCUT2D eigenvalue weighted by atomic mass is 10.1. The van der Waals surface area contributed by atoms with Gasteiger partial charge in [-0.25, -0.2) is 13.4 Å². The quantitative estimate of drug-likeness (QED) is 0.789. The fraction of sp³-hybridized carbons (Fsp3) is 0.545. The highest BCUT2D eigenvalue weighted by Crippen LogP contribution is 2.26. The van der Waals surface area contributed by atoms with Gasteiger partial charge >= 0.3 is 0 Å². The molecule has 2 rings (SSSR count). The summed E-state index contributed by atoms with van der Waals surface area (Å²) in [6.45, 7) is 1.86. The van der Waals surface area contributed by atoms with E-state index in [-0.39, 0.29) is 16.9 Å². The Bertz CT molecular complexity index is 513. The second-order valence-electron chi connectivity index (χ2n) is 4.37. The molecule has 1 aromatic rings. The van der Waals surface area contributed by atoms with Crippen molar-refractivity contribution in [2.24, 2.45) is 0 Å². The van der Waals surface area contributed by atoms with Crippen LogP contribution in [0, 0.1) is 0 Å². The monoisotopic (exact) mass is 290 g/mol. The summed E-state index contributed by atoms with van der Waals surface area (Å²) in [5, 5.41) is 0. The Morgan fingerprint density at radius 3 is 2.72 bits per heavy atom. The highest BCUT2D eigenvalue weighted by molar-refractivity contribution is 8.13. The van der Waals surface area contributed by atoms with Gasteiger partial charge in [-0.05, 0) is 32.0 Å². The number of aromatic nitrogens is 1. The molecule has 1 aliphatic rings. The first-order valence-corrected chi connectivity index (χ1v) is 8.02. The molecule has 0 radical (unpaired) electrons. The predicted octanol–water partition coefficient (Wildman–Crippen LogP) is 1.48. The third kappa shape index (κ3) is 3.34. The standard InChI is InChI=1S/C11H15ClN2O3S/c1-14-7-4-9(5-8-14)17-11-10(18(12,15)16)3-2-6-13-11/h2-3,6,9H,4-5,7-8H2,1H3. The lowest BCUT2D eigenvalue weighted by molar-refractivity contribution is 0.107. The highest BCUT2D eigenvalue weighted by Gasteiger charge is 2.23. The van der Waals surface area contributed by atoms with Gasteiger partial charge < -0.3 is 9.64 Å². The molecule has 0 bridgehead atoms. The lowest BCUT2D eigenvalue weighted by Gasteiger charge is -2.29. The first kappa shape index (κ1) is 13.6. The van der Waals surface area contributed by atoms with Crippen LogP contribution in [0.3, 0.4) is 0 Å². The molecule has 0 amide bonds. The molecule has 7 heteroatoms. The van der Waals surface area contributed by atoms with Gasteiger partial charge in [0.15, 0.2) is 0 Å². The maximum Gasteiger partial charge on any atom is 0.266 e. The van der Waals surface area contributed by atoms with E-state index in [1.165, 1.54) is 18.3 Å². The summed E-state index contributed by atoms with van der Waals surface area (Å²) in [7, 11) is 3.58. The van der Waals surface area contributed by atoms with Crippen molar-refractivity contribution in [1.29, 1.82) is 0 Å². The van der Waals surface area contributed by atoms with Crippen LogP contribution in [0.1, 0.15) is 12.8 Å². The van der Waals surface area contributed by atoms with Crippen LogP contribution in [-0.4, -0.2) is 44.5 Å². The van der Waals surface area contributed by atoms with Gasteiger partial charge in [0, 0.05) is 30.0 Å². The van der Waals surface area contributed by atoms with E-state index >= 15 is 0 Å². The summed E-state index contributed by atoms with van der Waals surface area (Å²) in [4.78, 5) is 6.10. The zero-order valence-corrected chi connectivity index (χ0v) is 11.6. The molecule has 0 spiro atoms. The van der Waals surface area contributed by atoms with E-state index in [2.05, 4.69) is 9.88 Å². The second kappa shape index (κ2) is 5.42. The van der Waals surface area contributed by atoms with E-state index in [0.29, 0.717) is 0 Å². The number of likely N-dealkylation sites (tertiary alicyclic amines) is 1. The van der Waals surface area contributed by atoms with Gasteiger partial charge in [0.1, 0.15) is 11.0 Å². The van der Waals surface area contributed by atoms with Crippen LogP contribution >= 0.6 is 10.7 Å². The molecule has 0 aromatic carbocycles. The van der Waals surface area contributed by atoms with Crippen molar-refractivity contribution in [2.75, 3.05) is 20.1 Å². The van der Waals surface area contributed by atoms with Crippen LogP contribution < -0.4 is 4.74 Å². The summed E-state index contributed by atoms with van der Waals surface area (Å²) in [5.74, 6) is 0.0991. The number of hydrogen-bond acceptors (Lipinski definition) is 5. The largest absolute Gasteiger partial charge is 0.473 e. The van der Waals surface area contributed by atoms with Crippen molar-refractivity contribution >= 4 is 19.7 Å². The number of hydrogen-bond donors (Lipinski definition) is 0. The average Bonchev–Trinajstić information content (AvgIpc) is 2.31. The second-order valence-corrected chi connectivity index (χ2v) is 6.90. The summed E-state index contributed by atoms with van der Waals surface area (Å²) in [5.41, 5.74) is 0. The number of ether oxygens (including phenoxy) is 1. The van der Waals surface area contributed by atoms with Crippen LogP contribution in [0.4, 0.5) is 0 Å². The third-order valence-electron chi connectivity index (χ3n) is 2.94. The van der Waals surface area contributed by atoms with E-state index in [1.807, 2.05) is 7.05 Å². The van der Waals surface area contributed by atoms with E-state index in [9.17, 15) is 8.42 Å². The van der Waals surface area contributed by atoms with Crippen molar-refractivity contribution in [3.63, 3.8) is 0 Å². The number of pyridine rings is 1. The minimum absolute atomic E-state index is 0.00623. The van der Waals surface area contributed by atoms with Crippen LogP contribution in [0.2, 0.25) is 0 Å². The first-order chi connectivity index (χ1) is 8.47. The summed E-state index contributed by atoms with van der Waals surface area (Å²) in [6, 6.07) is 2.93. The van der Waals surface area contributed by atoms with Gasteiger partial charge in [-0.15, -0.1) is 0 Å². The average molecular weight is 291 g/mol. The Hall–Kier alpha value is -0.850. The van der Waals surface area contributed by atoms with E-state index in [1.54, 1.807) is 0 Å². The SMILES string of the molecule is CN1CCC(Oc2ncccc2S(=O)(=O)Cl)CC1. The molecule has 1 aliphatic heterocycles. The molecule has 1 aromatic heterocycles. The Morgan fingerprint density at radius 1 is 1.44 bits per heavy atom. The Kier molecular flexibility index (Phi) is 4.09. The minimum atomic E-state index is -3.82. The molecular weight excluding hydrogens is 276 g/mol. The molecule has 2 heterocycles. The number of nitrogens with zero attached hydrogens (tertiary/aromatic N) is 2. The molecule has 100 valence electrons. The zero-order valence-electron chi connectivity index (χ0n) is 10.0. The van der Waals surface area contributed by atoms with Crippen molar-refractivity contribution in [3.05, 3.63) is 18.3 Å². The van der Waals surface area contributed by atoms with Crippen LogP contribution in [-0.2, 0) is 9.05 Å². The predicted molar refractivity (Wildman–Crippen MR) is 68.4 cm³/mol. The van der Waals surface area contributed by atoms with Crippen LogP contribution in [0.25, 0.3) is 0 Å². The number of halogens is 1. The molecule has 0 aliphatic carbocycles. The zero-order chi connectivity index (χ0) is 13.2. The summed E-state index contributed by atoms with van der Waals surface area (Å²) in [6.07, 6.45) is 3.20. The van der Waals surface area contributed by atoms with Crippen LogP contribution in [0.5, 0.6) is 5.88 Å². The van der Waals surface area contributed by atoms with Crippen molar-refractivity contribution in [1.82, 2.24) is 9.88 Å². The third-order valence-corrected chi connectivity index (χ3v) is 4.28.